The molecule has 0 radical (unpaired) electrons. The van der Waals surface area contributed by atoms with E-state index in [1.807, 2.05) is 36.4 Å². The minimum Gasteiger partial charge on any atom is -0.379 e. The number of para-hydroxylation sites is 1. The van der Waals surface area contributed by atoms with Gasteiger partial charge in [-0.1, -0.05) is 41.9 Å². The number of benzene rings is 2. The molecule has 0 saturated carbocycles. The average molecular weight is 411 g/mol. The number of ether oxygens (including phenoxy) is 1. The van der Waals surface area contributed by atoms with Crippen molar-refractivity contribution < 1.29 is 9.53 Å². The van der Waals surface area contributed by atoms with Gasteiger partial charge in [0.15, 0.2) is 0 Å². The number of hydrazone groups is 1. The minimum atomic E-state index is -0.118. The molecule has 0 unspecified atom stereocenters. The maximum absolute atomic E-state index is 12.1. The van der Waals surface area contributed by atoms with Crippen LogP contribution in [0.15, 0.2) is 59.8 Å². The number of nitrogens with one attached hydrogen (secondary N) is 1. The molecule has 0 spiro atoms. The van der Waals surface area contributed by atoms with E-state index in [0.717, 1.165) is 46.7 Å². The van der Waals surface area contributed by atoms with Crippen molar-refractivity contribution in [1.82, 2.24) is 14.9 Å². The van der Waals surface area contributed by atoms with Crippen molar-refractivity contribution in [3.05, 3.63) is 70.9 Å². The van der Waals surface area contributed by atoms with Gasteiger partial charge in [0.05, 0.1) is 26.0 Å². The fourth-order valence-corrected chi connectivity index (χ4v) is 3.59. The maximum Gasteiger partial charge on any atom is 0.254 e. The van der Waals surface area contributed by atoms with Gasteiger partial charge in [0, 0.05) is 47.3 Å². The average Bonchev–Trinajstić information content (AvgIpc) is 3.08. The number of carbonyl (C=O) groups is 1. The van der Waals surface area contributed by atoms with Crippen molar-refractivity contribution in [3.8, 4) is 0 Å². The Morgan fingerprint density at radius 2 is 1.90 bits per heavy atom. The van der Waals surface area contributed by atoms with Gasteiger partial charge in [0.1, 0.15) is 0 Å². The molecule has 1 saturated heterocycles. The van der Waals surface area contributed by atoms with Gasteiger partial charge in [0.2, 0.25) is 0 Å². The summed E-state index contributed by atoms with van der Waals surface area (Å²) >= 11 is 5.99. The number of halogens is 1. The van der Waals surface area contributed by atoms with E-state index in [2.05, 4.69) is 38.3 Å². The molecule has 0 bridgehead atoms. The van der Waals surface area contributed by atoms with Gasteiger partial charge in [-0.05, 0) is 23.8 Å². The fraction of sp³-hybridized carbons (Fsp3) is 0.273. The van der Waals surface area contributed by atoms with Crippen LogP contribution in [0.1, 0.15) is 11.1 Å². The third kappa shape index (κ3) is 5.03. The standard InChI is InChI=1S/C22H23ClN4O2/c23-19-7-5-17(6-8-19)14-27-15-18(20-3-1-2-4-21(20)27)13-24-25-22(28)16-26-9-11-29-12-10-26/h1-8,13,15H,9-12,14,16H2,(H,25,28). The van der Waals surface area contributed by atoms with Crippen LogP contribution in [0.25, 0.3) is 10.9 Å². The van der Waals surface area contributed by atoms with Crippen molar-refractivity contribution >= 4 is 34.6 Å². The van der Waals surface area contributed by atoms with Crippen LogP contribution < -0.4 is 5.43 Å². The van der Waals surface area contributed by atoms with Crippen LogP contribution in [-0.2, 0) is 16.1 Å². The van der Waals surface area contributed by atoms with E-state index in [-0.39, 0.29) is 5.91 Å². The Morgan fingerprint density at radius 3 is 2.69 bits per heavy atom. The highest BCUT2D eigenvalue weighted by molar-refractivity contribution is 6.30. The molecule has 0 atom stereocenters. The van der Waals surface area contributed by atoms with E-state index in [1.165, 1.54) is 0 Å². The molecular formula is C22H23ClN4O2. The summed E-state index contributed by atoms with van der Waals surface area (Å²) in [6.07, 6.45) is 3.76. The van der Waals surface area contributed by atoms with E-state index in [9.17, 15) is 4.79 Å². The summed E-state index contributed by atoms with van der Waals surface area (Å²) in [5, 5.41) is 5.99. The Hall–Kier alpha value is -2.67. The number of aromatic nitrogens is 1. The van der Waals surface area contributed by atoms with Gasteiger partial charge in [-0.3, -0.25) is 9.69 Å². The SMILES string of the molecule is O=C(CN1CCOCC1)NN=Cc1cn(Cc2ccc(Cl)cc2)c2ccccc12. The topological polar surface area (TPSA) is 58.9 Å². The summed E-state index contributed by atoms with van der Waals surface area (Å²) in [5.41, 5.74) is 5.87. The number of nitrogens with zero attached hydrogens (tertiary/aromatic N) is 3. The Labute approximate surface area is 174 Å². The molecule has 1 amide bonds. The second-order valence-electron chi connectivity index (χ2n) is 7.04. The predicted molar refractivity (Wildman–Crippen MR) is 115 cm³/mol. The number of morpholine rings is 1. The first-order valence-corrected chi connectivity index (χ1v) is 10.0. The zero-order valence-corrected chi connectivity index (χ0v) is 16.8. The largest absolute Gasteiger partial charge is 0.379 e. The highest BCUT2D eigenvalue weighted by Gasteiger charge is 2.13. The lowest BCUT2D eigenvalue weighted by molar-refractivity contribution is -0.123. The summed E-state index contributed by atoms with van der Waals surface area (Å²) in [5.74, 6) is -0.118. The minimum absolute atomic E-state index is 0.118. The third-order valence-electron chi connectivity index (χ3n) is 4.95. The first kappa shape index (κ1) is 19.6. The van der Waals surface area contributed by atoms with Crippen LogP contribution in [0.3, 0.4) is 0 Å². The second-order valence-corrected chi connectivity index (χ2v) is 7.47. The van der Waals surface area contributed by atoms with Crippen molar-refractivity contribution in [2.75, 3.05) is 32.8 Å². The molecule has 1 fully saturated rings. The van der Waals surface area contributed by atoms with Gasteiger partial charge in [-0.15, -0.1) is 0 Å². The number of hydrogen-bond donors (Lipinski definition) is 1. The van der Waals surface area contributed by atoms with Crippen molar-refractivity contribution in [2.45, 2.75) is 6.54 Å². The zero-order chi connectivity index (χ0) is 20.1. The quantitative estimate of drug-likeness (QED) is 0.501. The summed E-state index contributed by atoms with van der Waals surface area (Å²) in [6.45, 7) is 3.95. The first-order chi connectivity index (χ1) is 14.2. The van der Waals surface area contributed by atoms with E-state index >= 15 is 0 Å². The molecule has 6 nitrogen and oxygen atoms in total. The number of hydrogen-bond acceptors (Lipinski definition) is 4. The van der Waals surface area contributed by atoms with E-state index in [0.29, 0.717) is 19.8 Å². The Balaban J connectivity index is 1.46. The summed E-state index contributed by atoms with van der Waals surface area (Å²) in [7, 11) is 0. The van der Waals surface area contributed by atoms with E-state index in [4.69, 9.17) is 16.3 Å². The fourth-order valence-electron chi connectivity index (χ4n) is 3.47. The van der Waals surface area contributed by atoms with Crippen LogP contribution in [0.5, 0.6) is 0 Å². The Kier molecular flexibility index (Phi) is 6.24. The van der Waals surface area contributed by atoms with Crippen LogP contribution in [0, 0.1) is 0 Å². The van der Waals surface area contributed by atoms with Gasteiger partial charge in [-0.25, -0.2) is 5.43 Å². The van der Waals surface area contributed by atoms with Crippen molar-refractivity contribution in [2.24, 2.45) is 5.10 Å². The van der Waals surface area contributed by atoms with Crippen LogP contribution in [0.4, 0.5) is 0 Å². The highest BCUT2D eigenvalue weighted by Crippen LogP contribution is 2.21. The van der Waals surface area contributed by atoms with Crippen LogP contribution >= 0.6 is 11.6 Å². The van der Waals surface area contributed by atoms with E-state index < -0.39 is 0 Å². The van der Waals surface area contributed by atoms with Crippen molar-refractivity contribution in [1.29, 1.82) is 0 Å². The molecular weight excluding hydrogens is 388 g/mol. The lowest BCUT2D eigenvalue weighted by atomic mass is 10.2. The normalized spacial score (nSPS) is 15.2. The monoisotopic (exact) mass is 410 g/mol. The molecule has 3 aromatic rings. The number of fused-ring (bicyclic) bond motifs is 1. The molecule has 4 rings (SSSR count). The second kappa shape index (κ2) is 9.22. The lowest BCUT2D eigenvalue weighted by Gasteiger charge is -2.25. The van der Waals surface area contributed by atoms with Gasteiger partial charge in [0.25, 0.3) is 5.91 Å². The molecule has 1 aliphatic rings. The summed E-state index contributed by atoms with van der Waals surface area (Å²) < 4.78 is 7.48. The molecule has 1 aromatic heterocycles. The molecule has 150 valence electrons. The Morgan fingerprint density at radius 1 is 1.14 bits per heavy atom. The maximum atomic E-state index is 12.1. The molecule has 7 heteroatoms. The number of rotatable bonds is 6. The molecule has 0 aliphatic carbocycles. The lowest BCUT2D eigenvalue weighted by Crippen LogP contribution is -2.42. The number of amides is 1. The van der Waals surface area contributed by atoms with Crippen LogP contribution in [-0.4, -0.2) is 54.4 Å². The van der Waals surface area contributed by atoms with Gasteiger partial charge in [-0.2, -0.15) is 5.10 Å². The summed E-state index contributed by atoms with van der Waals surface area (Å²) in [4.78, 5) is 14.2. The molecule has 1 N–H and O–H groups in total. The van der Waals surface area contributed by atoms with E-state index in [1.54, 1.807) is 6.21 Å². The zero-order valence-electron chi connectivity index (χ0n) is 16.1. The number of carbonyl (C=O) groups excluding carboxylic acids is 1. The molecule has 2 heterocycles. The predicted octanol–water partition coefficient (Wildman–Crippen LogP) is 3.13. The van der Waals surface area contributed by atoms with Gasteiger partial charge >= 0.3 is 0 Å². The van der Waals surface area contributed by atoms with Crippen molar-refractivity contribution in [3.63, 3.8) is 0 Å². The van der Waals surface area contributed by atoms with Gasteiger partial charge < -0.3 is 9.30 Å². The molecule has 29 heavy (non-hydrogen) atoms. The highest BCUT2D eigenvalue weighted by atomic mass is 35.5. The summed E-state index contributed by atoms with van der Waals surface area (Å²) in [6, 6.07) is 16.0. The first-order valence-electron chi connectivity index (χ1n) is 9.63. The van der Waals surface area contributed by atoms with Crippen LogP contribution in [0.2, 0.25) is 5.02 Å². The third-order valence-corrected chi connectivity index (χ3v) is 5.20. The molecule has 1 aliphatic heterocycles. The molecule has 2 aromatic carbocycles. The smallest absolute Gasteiger partial charge is 0.254 e. The Bertz CT molecular complexity index is 1010.